The molecule has 1 aromatic carbocycles. The van der Waals surface area contributed by atoms with Crippen LogP contribution in [0, 0.1) is 4.77 Å². The molecule has 0 aliphatic rings. The topological polar surface area (TPSA) is 50.7 Å². The van der Waals surface area contributed by atoms with E-state index < -0.39 is 0 Å². The number of hydrogen-bond donors (Lipinski definition) is 1. The predicted octanol–water partition coefficient (Wildman–Crippen LogP) is 2.71. The van der Waals surface area contributed by atoms with Crippen molar-refractivity contribution in [2.24, 2.45) is 0 Å². The van der Waals surface area contributed by atoms with E-state index in [0.717, 1.165) is 5.69 Å². The van der Waals surface area contributed by atoms with Crippen LogP contribution in [0.2, 0.25) is 5.02 Å². The van der Waals surface area contributed by atoms with E-state index in [0.29, 0.717) is 15.6 Å². The largest absolute Gasteiger partial charge is 0.300 e. The molecule has 4 nitrogen and oxygen atoms in total. The highest BCUT2D eigenvalue weighted by Gasteiger charge is 2.06. The minimum absolute atomic E-state index is 0.0343. The fourth-order valence-corrected chi connectivity index (χ4v) is 1.92. The Hall–Kier alpha value is -1.46. The minimum atomic E-state index is 0.0343. The Morgan fingerprint density at radius 1 is 1.59 bits per heavy atom. The fraction of sp³-hybridized carbons (Fsp3) is 0.182. The lowest BCUT2D eigenvalue weighted by atomic mass is 10.3. The minimum Gasteiger partial charge on any atom is -0.300 e. The number of Topliss-reactive ketones (excluding diaryl/α,β-unsaturated/α-hetero) is 1. The van der Waals surface area contributed by atoms with Gasteiger partial charge in [-0.3, -0.25) is 9.89 Å². The Labute approximate surface area is 108 Å². The first kappa shape index (κ1) is 12.0. The van der Waals surface area contributed by atoms with Crippen molar-refractivity contribution in [2.75, 3.05) is 0 Å². The summed E-state index contributed by atoms with van der Waals surface area (Å²) in [6.07, 6.45) is 0.247. The molecule has 0 saturated carbocycles. The summed E-state index contributed by atoms with van der Waals surface area (Å²) in [6, 6.07) is 7.23. The van der Waals surface area contributed by atoms with Crippen molar-refractivity contribution in [1.29, 1.82) is 0 Å². The monoisotopic (exact) mass is 267 g/mol. The van der Waals surface area contributed by atoms with Crippen LogP contribution in [0.15, 0.2) is 24.3 Å². The van der Waals surface area contributed by atoms with Gasteiger partial charge in [0, 0.05) is 5.02 Å². The zero-order chi connectivity index (χ0) is 12.4. The molecule has 17 heavy (non-hydrogen) atoms. The summed E-state index contributed by atoms with van der Waals surface area (Å²) in [5, 5.41) is 3.60. The van der Waals surface area contributed by atoms with Crippen LogP contribution in [-0.4, -0.2) is 20.5 Å². The number of benzene rings is 1. The maximum absolute atomic E-state index is 11.0. The van der Waals surface area contributed by atoms with Crippen LogP contribution in [0.1, 0.15) is 12.7 Å². The van der Waals surface area contributed by atoms with Gasteiger partial charge in [0.05, 0.1) is 12.1 Å². The number of aromatic amines is 1. The lowest BCUT2D eigenvalue weighted by Crippen LogP contribution is -2.01. The van der Waals surface area contributed by atoms with E-state index in [1.54, 1.807) is 16.8 Å². The number of nitrogens with zero attached hydrogens (tertiary/aromatic N) is 2. The molecule has 88 valence electrons. The van der Waals surface area contributed by atoms with E-state index in [1.165, 1.54) is 6.92 Å². The van der Waals surface area contributed by atoms with Crippen LogP contribution < -0.4 is 0 Å². The Morgan fingerprint density at radius 2 is 2.35 bits per heavy atom. The molecule has 1 aromatic heterocycles. The van der Waals surface area contributed by atoms with E-state index in [1.807, 2.05) is 12.1 Å². The molecule has 0 fully saturated rings. The van der Waals surface area contributed by atoms with Crippen molar-refractivity contribution >= 4 is 29.6 Å². The number of halogens is 1. The third-order valence-electron chi connectivity index (χ3n) is 2.15. The second-order valence-corrected chi connectivity index (χ2v) is 4.45. The Bertz CT molecular complexity index is 617. The molecule has 6 heteroatoms. The molecule has 2 aromatic rings. The summed E-state index contributed by atoms with van der Waals surface area (Å²) < 4.78 is 2.00. The molecule has 0 saturated heterocycles. The number of aromatic nitrogens is 3. The van der Waals surface area contributed by atoms with Crippen LogP contribution in [0.4, 0.5) is 0 Å². The molecule has 0 unspecified atom stereocenters. The molecule has 0 amide bonds. The first-order valence-corrected chi connectivity index (χ1v) is 5.78. The average Bonchev–Trinajstić information content (AvgIpc) is 2.58. The highest BCUT2D eigenvalue weighted by atomic mass is 35.5. The molecular weight excluding hydrogens is 258 g/mol. The number of hydrogen-bond acceptors (Lipinski definition) is 3. The van der Waals surface area contributed by atoms with Gasteiger partial charge in [0.25, 0.3) is 0 Å². The Morgan fingerprint density at radius 3 is 3.00 bits per heavy atom. The van der Waals surface area contributed by atoms with Crippen molar-refractivity contribution in [2.45, 2.75) is 13.3 Å². The van der Waals surface area contributed by atoms with Crippen molar-refractivity contribution in [3.05, 3.63) is 39.9 Å². The summed E-state index contributed by atoms with van der Waals surface area (Å²) in [6.45, 7) is 1.51. The first-order chi connectivity index (χ1) is 8.06. The van der Waals surface area contributed by atoms with Crippen LogP contribution in [0.5, 0.6) is 0 Å². The normalized spacial score (nSPS) is 10.5. The lowest BCUT2D eigenvalue weighted by molar-refractivity contribution is -0.116. The Balaban J connectivity index is 2.43. The van der Waals surface area contributed by atoms with Crippen molar-refractivity contribution < 1.29 is 4.79 Å². The second-order valence-electron chi connectivity index (χ2n) is 3.65. The third kappa shape index (κ3) is 2.81. The molecule has 0 bridgehead atoms. The maximum Gasteiger partial charge on any atom is 0.220 e. The summed E-state index contributed by atoms with van der Waals surface area (Å²) in [5.74, 6) is 0.592. The van der Waals surface area contributed by atoms with Crippen molar-refractivity contribution in [1.82, 2.24) is 14.8 Å². The molecule has 0 aliphatic heterocycles. The molecular formula is C11H10ClN3OS. The lowest BCUT2D eigenvalue weighted by Gasteiger charge is -2.01. The van der Waals surface area contributed by atoms with Crippen LogP contribution >= 0.6 is 23.8 Å². The zero-order valence-electron chi connectivity index (χ0n) is 9.11. The molecule has 0 spiro atoms. The fourth-order valence-electron chi connectivity index (χ4n) is 1.47. The number of ketones is 1. The van der Waals surface area contributed by atoms with E-state index in [4.69, 9.17) is 23.8 Å². The molecule has 0 aliphatic carbocycles. The van der Waals surface area contributed by atoms with Gasteiger partial charge in [-0.15, -0.1) is 0 Å². The summed E-state index contributed by atoms with van der Waals surface area (Å²) in [7, 11) is 0. The first-order valence-electron chi connectivity index (χ1n) is 4.99. The summed E-state index contributed by atoms with van der Waals surface area (Å²) >= 11 is 11.0. The smallest absolute Gasteiger partial charge is 0.220 e. The SMILES string of the molecule is CC(=O)Cc1nc(=S)n(-c2cccc(Cl)c2)[nH]1. The molecule has 0 atom stereocenters. The second kappa shape index (κ2) is 4.81. The van der Waals surface area contributed by atoms with Gasteiger partial charge in [0.2, 0.25) is 4.77 Å². The molecule has 0 radical (unpaired) electrons. The zero-order valence-corrected chi connectivity index (χ0v) is 10.7. The van der Waals surface area contributed by atoms with Crippen LogP contribution in [0.25, 0.3) is 5.69 Å². The highest BCUT2D eigenvalue weighted by molar-refractivity contribution is 7.71. The number of carbonyl (C=O) groups is 1. The maximum atomic E-state index is 11.0. The van der Waals surface area contributed by atoms with E-state index >= 15 is 0 Å². The number of carbonyl (C=O) groups excluding carboxylic acids is 1. The van der Waals surface area contributed by atoms with E-state index in [2.05, 4.69) is 10.1 Å². The predicted molar refractivity (Wildman–Crippen MR) is 68.1 cm³/mol. The highest BCUT2D eigenvalue weighted by Crippen LogP contribution is 2.14. The Kier molecular flexibility index (Phi) is 3.40. The molecule has 1 N–H and O–H groups in total. The average molecular weight is 268 g/mol. The van der Waals surface area contributed by atoms with Gasteiger partial charge in [-0.05, 0) is 37.3 Å². The van der Waals surface area contributed by atoms with Gasteiger partial charge in [-0.1, -0.05) is 17.7 Å². The van der Waals surface area contributed by atoms with Gasteiger partial charge >= 0.3 is 0 Å². The van der Waals surface area contributed by atoms with Gasteiger partial charge in [-0.25, -0.2) is 9.67 Å². The van der Waals surface area contributed by atoms with Gasteiger partial charge in [0.15, 0.2) is 0 Å². The van der Waals surface area contributed by atoms with Crippen molar-refractivity contribution in [3.8, 4) is 5.69 Å². The molecule has 2 rings (SSSR count). The summed E-state index contributed by atoms with van der Waals surface area (Å²) in [4.78, 5) is 15.1. The quantitative estimate of drug-likeness (QED) is 0.870. The van der Waals surface area contributed by atoms with E-state index in [-0.39, 0.29) is 12.2 Å². The van der Waals surface area contributed by atoms with Crippen molar-refractivity contribution in [3.63, 3.8) is 0 Å². The van der Waals surface area contributed by atoms with Crippen LogP contribution in [-0.2, 0) is 11.2 Å². The third-order valence-corrected chi connectivity index (χ3v) is 2.65. The summed E-state index contributed by atoms with van der Waals surface area (Å²) in [5.41, 5.74) is 0.796. The van der Waals surface area contributed by atoms with Gasteiger partial charge in [-0.2, -0.15) is 0 Å². The number of rotatable bonds is 3. The molecule has 1 heterocycles. The van der Waals surface area contributed by atoms with Crippen LogP contribution in [0.3, 0.4) is 0 Å². The standard InChI is InChI=1S/C11H10ClN3OS/c1-7(16)5-10-13-11(17)15(14-10)9-4-2-3-8(12)6-9/h2-4,6H,5H2,1H3,(H,13,14,17). The number of H-pyrrole nitrogens is 1. The van der Waals surface area contributed by atoms with Gasteiger partial charge in [0.1, 0.15) is 11.6 Å². The van der Waals surface area contributed by atoms with Gasteiger partial charge < -0.3 is 0 Å². The number of nitrogens with one attached hydrogen (secondary N) is 1. The van der Waals surface area contributed by atoms with E-state index in [9.17, 15) is 4.79 Å².